The van der Waals surface area contributed by atoms with Gasteiger partial charge in [-0.15, -0.1) is 0 Å². The summed E-state index contributed by atoms with van der Waals surface area (Å²) in [7, 11) is -1.75. The summed E-state index contributed by atoms with van der Waals surface area (Å²) >= 11 is 0. The molecule has 1 aliphatic heterocycles. The molecule has 1 aliphatic rings. The minimum Gasteiger partial charge on any atom is -0.496 e. The number of rotatable bonds is 7. The Balaban J connectivity index is 1.67. The normalized spacial score (nSPS) is 14.6. The number of sulfonamides is 1. The average molecular weight is 404 g/mol. The van der Waals surface area contributed by atoms with Crippen LogP contribution in [0.3, 0.4) is 0 Å². The van der Waals surface area contributed by atoms with Crippen LogP contribution in [0, 0.1) is 0 Å². The third-order valence-electron chi connectivity index (χ3n) is 4.44. The summed E-state index contributed by atoms with van der Waals surface area (Å²) in [5.41, 5.74) is 8.98. The quantitative estimate of drug-likeness (QED) is 0.552. The lowest BCUT2D eigenvalue weighted by atomic mass is 9.97. The number of methoxy groups -OCH3 is 1. The number of hydrogen-bond acceptors (Lipinski definition) is 6. The highest BCUT2D eigenvalue weighted by Crippen LogP contribution is 2.28. The molecule has 0 aromatic heterocycles. The molecule has 9 heteroatoms. The van der Waals surface area contributed by atoms with Crippen LogP contribution in [0.2, 0.25) is 0 Å². The molecule has 0 unspecified atom stereocenters. The van der Waals surface area contributed by atoms with Crippen LogP contribution < -0.4 is 25.6 Å². The summed E-state index contributed by atoms with van der Waals surface area (Å²) in [5, 5.41) is 2.85. The zero-order valence-electron chi connectivity index (χ0n) is 15.8. The van der Waals surface area contributed by atoms with Crippen LogP contribution in [0.4, 0.5) is 5.69 Å². The zero-order valence-corrected chi connectivity index (χ0v) is 16.6. The molecule has 0 spiro atoms. The van der Waals surface area contributed by atoms with Crippen molar-refractivity contribution in [2.45, 2.75) is 12.5 Å². The number of hydrazine groups is 1. The molecule has 28 heavy (non-hydrogen) atoms. The van der Waals surface area contributed by atoms with Crippen molar-refractivity contribution in [3.63, 3.8) is 0 Å². The maximum atomic E-state index is 12.5. The Bertz CT molecular complexity index is 956. The predicted molar refractivity (Wildman–Crippen MR) is 108 cm³/mol. The molecule has 1 saturated heterocycles. The van der Waals surface area contributed by atoms with Gasteiger partial charge >= 0.3 is 0 Å². The fourth-order valence-electron chi connectivity index (χ4n) is 3.12. The summed E-state index contributed by atoms with van der Waals surface area (Å²) < 4.78 is 30.6. The van der Waals surface area contributed by atoms with Gasteiger partial charge in [0.15, 0.2) is 0 Å². The summed E-state index contributed by atoms with van der Waals surface area (Å²) in [4.78, 5) is 12.5. The first-order valence-corrected chi connectivity index (χ1v) is 10.7. The van der Waals surface area contributed by atoms with E-state index < -0.39 is 10.0 Å². The van der Waals surface area contributed by atoms with Gasteiger partial charge in [0.05, 0.1) is 13.4 Å². The lowest BCUT2D eigenvalue weighted by Crippen LogP contribution is -2.23. The molecule has 1 amide bonds. The van der Waals surface area contributed by atoms with Crippen molar-refractivity contribution in [3.05, 3.63) is 59.2 Å². The predicted octanol–water partition coefficient (Wildman–Crippen LogP) is 1.19. The fourth-order valence-corrected chi connectivity index (χ4v) is 3.67. The Morgan fingerprint density at radius 2 is 1.93 bits per heavy atom. The van der Waals surface area contributed by atoms with Crippen LogP contribution >= 0.6 is 0 Å². The highest BCUT2D eigenvalue weighted by atomic mass is 32.2. The van der Waals surface area contributed by atoms with E-state index in [1.165, 1.54) is 0 Å². The smallest absolute Gasteiger partial charge is 0.251 e. The van der Waals surface area contributed by atoms with E-state index in [1.54, 1.807) is 37.4 Å². The SMILES string of the molecule is COc1cc(C(=O)NCc2cccc(NS(C)(=O)=O)c2)ccc1C1CNNC1. The van der Waals surface area contributed by atoms with E-state index in [1.807, 2.05) is 12.1 Å². The number of anilines is 1. The van der Waals surface area contributed by atoms with E-state index in [9.17, 15) is 13.2 Å². The Hall–Kier alpha value is -2.62. The maximum Gasteiger partial charge on any atom is 0.251 e. The molecule has 1 fully saturated rings. The average Bonchev–Trinajstić information content (AvgIpc) is 3.19. The lowest BCUT2D eigenvalue weighted by molar-refractivity contribution is 0.0950. The summed E-state index contributed by atoms with van der Waals surface area (Å²) in [6.07, 6.45) is 1.09. The Morgan fingerprint density at radius 3 is 2.61 bits per heavy atom. The maximum absolute atomic E-state index is 12.5. The molecular weight excluding hydrogens is 380 g/mol. The minimum atomic E-state index is -3.35. The van der Waals surface area contributed by atoms with Crippen molar-refractivity contribution in [3.8, 4) is 5.75 Å². The monoisotopic (exact) mass is 404 g/mol. The fraction of sp³-hybridized carbons (Fsp3) is 0.316. The van der Waals surface area contributed by atoms with Crippen LogP contribution in [0.15, 0.2) is 42.5 Å². The van der Waals surface area contributed by atoms with Gasteiger partial charge in [-0.3, -0.25) is 20.4 Å². The van der Waals surface area contributed by atoms with Crippen molar-refractivity contribution in [2.24, 2.45) is 0 Å². The van der Waals surface area contributed by atoms with Crippen molar-refractivity contribution in [1.82, 2.24) is 16.2 Å². The Labute approximate surface area is 164 Å². The number of benzene rings is 2. The highest BCUT2D eigenvalue weighted by Gasteiger charge is 2.21. The molecule has 2 aromatic carbocycles. The van der Waals surface area contributed by atoms with Gasteiger partial charge < -0.3 is 10.1 Å². The second-order valence-corrected chi connectivity index (χ2v) is 8.42. The van der Waals surface area contributed by atoms with Crippen molar-refractivity contribution < 1.29 is 17.9 Å². The number of carbonyl (C=O) groups excluding carboxylic acids is 1. The van der Waals surface area contributed by atoms with Crippen LogP contribution in [0.25, 0.3) is 0 Å². The first-order valence-electron chi connectivity index (χ1n) is 8.84. The van der Waals surface area contributed by atoms with Gasteiger partial charge in [-0.25, -0.2) is 8.42 Å². The van der Waals surface area contributed by atoms with E-state index in [-0.39, 0.29) is 18.4 Å². The molecule has 150 valence electrons. The van der Waals surface area contributed by atoms with Crippen LogP contribution in [0.5, 0.6) is 5.75 Å². The molecule has 0 bridgehead atoms. The van der Waals surface area contributed by atoms with Crippen LogP contribution in [-0.4, -0.2) is 40.8 Å². The molecule has 2 aromatic rings. The second-order valence-electron chi connectivity index (χ2n) is 6.67. The Morgan fingerprint density at radius 1 is 1.18 bits per heavy atom. The molecule has 3 rings (SSSR count). The van der Waals surface area contributed by atoms with E-state index >= 15 is 0 Å². The molecule has 0 atom stereocenters. The van der Waals surface area contributed by atoms with Gasteiger partial charge in [0.1, 0.15) is 5.75 Å². The zero-order chi connectivity index (χ0) is 20.1. The first-order chi connectivity index (χ1) is 13.4. The molecule has 0 saturated carbocycles. The van der Waals surface area contributed by atoms with Crippen molar-refractivity contribution in [2.75, 3.05) is 31.2 Å². The molecular formula is C19H24N4O4S. The first kappa shape index (κ1) is 20.1. The van der Waals surface area contributed by atoms with Gasteiger partial charge in [0, 0.05) is 36.8 Å². The highest BCUT2D eigenvalue weighted by molar-refractivity contribution is 7.92. The molecule has 0 radical (unpaired) electrons. The van der Waals surface area contributed by atoms with Crippen LogP contribution in [-0.2, 0) is 16.6 Å². The number of carbonyl (C=O) groups is 1. The standard InChI is InChI=1S/C19H24N4O4S/c1-27-18-9-14(6-7-17(18)15-11-21-22-12-15)19(24)20-10-13-4-3-5-16(8-13)23-28(2,25)26/h3-9,15,21-23H,10-12H2,1-2H3,(H,20,24). The van der Waals surface area contributed by atoms with Gasteiger partial charge in [-0.1, -0.05) is 18.2 Å². The lowest BCUT2D eigenvalue weighted by Gasteiger charge is -2.15. The van der Waals surface area contributed by atoms with Gasteiger partial charge in [-0.2, -0.15) is 0 Å². The number of hydrogen-bond donors (Lipinski definition) is 4. The van der Waals surface area contributed by atoms with E-state index in [0.29, 0.717) is 17.0 Å². The number of ether oxygens (including phenoxy) is 1. The molecule has 1 heterocycles. The third kappa shape index (κ3) is 5.22. The summed E-state index contributed by atoms with van der Waals surface area (Å²) in [6.45, 7) is 1.89. The molecule has 0 aliphatic carbocycles. The van der Waals surface area contributed by atoms with Gasteiger partial charge in [0.25, 0.3) is 5.91 Å². The van der Waals surface area contributed by atoms with Crippen LogP contribution in [0.1, 0.15) is 27.4 Å². The summed E-state index contributed by atoms with van der Waals surface area (Å²) in [6, 6.07) is 12.3. The number of amides is 1. The van der Waals surface area contributed by atoms with E-state index in [2.05, 4.69) is 20.9 Å². The topological polar surface area (TPSA) is 109 Å². The van der Waals surface area contributed by atoms with E-state index in [0.717, 1.165) is 30.5 Å². The van der Waals surface area contributed by atoms with Crippen molar-refractivity contribution in [1.29, 1.82) is 0 Å². The summed E-state index contributed by atoms with van der Waals surface area (Å²) in [5.74, 6) is 0.744. The van der Waals surface area contributed by atoms with Gasteiger partial charge in [0.2, 0.25) is 10.0 Å². The minimum absolute atomic E-state index is 0.228. The van der Waals surface area contributed by atoms with Gasteiger partial charge in [-0.05, 0) is 35.4 Å². The Kier molecular flexibility index (Phi) is 6.18. The van der Waals surface area contributed by atoms with Crippen molar-refractivity contribution >= 4 is 21.6 Å². The molecule has 8 nitrogen and oxygen atoms in total. The van der Waals surface area contributed by atoms with E-state index in [4.69, 9.17) is 4.74 Å². The third-order valence-corrected chi connectivity index (χ3v) is 5.05. The molecule has 4 N–H and O–H groups in total. The largest absolute Gasteiger partial charge is 0.496 e. The number of nitrogens with one attached hydrogen (secondary N) is 4. The second kappa shape index (κ2) is 8.59.